The molecule has 2 aromatic heterocycles. The van der Waals surface area contributed by atoms with Gasteiger partial charge in [-0.3, -0.25) is 0 Å². The first-order valence-corrected chi connectivity index (χ1v) is 6.98. The lowest BCUT2D eigenvalue weighted by atomic mass is 10.0. The average Bonchev–Trinajstić information content (AvgIpc) is 2.98. The van der Waals surface area contributed by atoms with E-state index >= 15 is 0 Å². The van der Waals surface area contributed by atoms with Crippen molar-refractivity contribution in [3.8, 4) is 10.7 Å². The molecular formula is C13H19N3OS. The van der Waals surface area contributed by atoms with E-state index in [1.54, 1.807) is 18.3 Å². The van der Waals surface area contributed by atoms with Gasteiger partial charge >= 0.3 is 0 Å². The predicted octanol–water partition coefficient (Wildman–Crippen LogP) is 2.10. The molecule has 5 heteroatoms. The van der Waals surface area contributed by atoms with Crippen molar-refractivity contribution in [2.75, 3.05) is 6.54 Å². The second kappa shape index (κ2) is 5.65. The van der Waals surface area contributed by atoms with Gasteiger partial charge in [0, 0.05) is 25.5 Å². The first-order chi connectivity index (χ1) is 8.62. The molecule has 18 heavy (non-hydrogen) atoms. The number of imidazole rings is 1. The molecule has 1 atom stereocenters. The zero-order valence-electron chi connectivity index (χ0n) is 10.5. The summed E-state index contributed by atoms with van der Waals surface area (Å²) in [6.07, 6.45) is 5.38. The summed E-state index contributed by atoms with van der Waals surface area (Å²) >= 11 is 1.69. The summed E-state index contributed by atoms with van der Waals surface area (Å²) in [5, 5.41) is 11.9. The van der Waals surface area contributed by atoms with Gasteiger partial charge in [0.1, 0.15) is 5.82 Å². The van der Waals surface area contributed by atoms with Gasteiger partial charge in [0.25, 0.3) is 0 Å². The third-order valence-corrected chi connectivity index (χ3v) is 3.88. The molecule has 0 saturated carbocycles. The summed E-state index contributed by atoms with van der Waals surface area (Å²) in [4.78, 5) is 5.55. The Morgan fingerprint density at radius 2 is 2.39 bits per heavy atom. The van der Waals surface area contributed by atoms with E-state index in [0.717, 1.165) is 18.8 Å². The van der Waals surface area contributed by atoms with E-state index in [9.17, 15) is 5.11 Å². The Bertz CT molecular complexity index is 476. The number of hydrogen-bond donors (Lipinski definition) is 2. The number of nitrogens with zero attached hydrogens (tertiary/aromatic N) is 2. The molecule has 2 aromatic rings. The topological polar surface area (TPSA) is 64.1 Å². The maximum absolute atomic E-state index is 9.86. The standard InChI is InChI=1S/C13H19N3OS/c1-13(17,10-14)5-3-7-16-8-6-15-12(16)11-4-2-9-18-11/h2,4,6,8-9,17H,3,5,7,10,14H2,1H3. The number of aryl methyl sites for hydroxylation is 1. The van der Waals surface area contributed by atoms with Crippen molar-refractivity contribution in [3.05, 3.63) is 29.9 Å². The Hall–Kier alpha value is -1.17. The van der Waals surface area contributed by atoms with Crippen molar-refractivity contribution in [2.45, 2.75) is 31.9 Å². The molecule has 1 unspecified atom stereocenters. The maximum Gasteiger partial charge on any atom is 0.149 e. The largest absolute Gasteiger partial charge is 0.389 e. The van der Waals surface area contributed by atoms with Crippen LogP contribution in [0.4, 0.5) is 0 Å². The molecule has 0 aliphatic carbocycles. The van der Waals surface area contributed by atoms with E-state index in [2.05, 4.69) is 15.6 Å². The van der Waals surface area contributed by atoms with Crippen LogP contribution in [0.25, 0.3) is 10.7 Å². The quantitative estimate of drug-likeness (QED) is 0.840. The molecule has 2 heterocycles. The highest BCUT2D eigenvalue weighted by Crippen LogP contribution is 2.23. The van der Waals surface area contributed by atoms with Gasteiger partial charge in [-0.15, -0.1) is 11.3 Å². The molecule has 3 N–H and O–H groups in total. The van der Waals surface area contributed by atoms with Crippen LogP contribution in [-0.4, -0.2) is 26.8 Å². The molecule has 2 rings (SSSR count). The highest BCUT2D eigenvalue weighted by Gasteiger charge is 2.17. The van der Waals surface area contributed by atoms with Gasteiger partial charge in [-0.25, -0.2) is 4.98 Å². The Kier molecular flexibility index (Phi) is 4.16. The lowest BCUT2D eigenvalue weighted by Gasteiger charge is -2.20. The Balaban J connectivity index is 1.97. The summed E-state index contributed by atoms with van der Waals surface area (Å²) in [7, 11) is 0. The monoisotopic (exact) mass is 265 g/mol. The van der Waals surface area contributed by atoms with Crippen LogP contribution in [0.5, 0.6) is 0 Å². The molecular weight excluding hydrogens is 246 g/mol. The Labute approximate surface area is 111 Å². The van der Waals surface area contributed by atoms with Crippen LogP contribution in [0.1, 0.15) is 19.8 Å². The van der Waals surface area contributed by atoms with E-state index < -0.39 is 5.60 Å². The molecule has 0 fully saturated rings. The number of hydrogen-bond acceptors (Lipinski definition) is 4. The lowest BCUT2D eigenvalue weighted by molar-refractivity contribution is 0.0567. The second-order valence-corrected chi connectivity index (χ2v) is 5.67. The molecule has 0 bridgehead atoms. The fraction of sp³-hybridized carbons (Fsp3) is 0.462. The van der Waals surface area contributed by atoms with E-state index in [0.29, 0.717) is 13.0 Å². The van der Waals surface area contributed by atoms with E-state index in [1.807, 2.05) is 23.8 Å². The van der Waals surface area contributed by atoms with Crippen molar-refractivity contribution in [2.24, 2.45) is 5.73 Å². The zero-order chi connectivity index (χ0) is 13.0. The third kappa shape index (κ3) is 3.19. The third-order valence-electron chi connectivity index (χ3n) is 3.01. The fourth-order valence-electron chi connectivity index (χ4n) is 1.85. The van der Waals surface area contributed by atoms with Gasteiger partial charge in [-0.1, -0.05) is 6.07 Å². The van der Waals surface area contributed by atoms with Gasteiger partial charge in [0.2, 0.25) is 0 Å². The average molecular weight is 265 g/mol. The maximum atomic E-state index is 9.86. The predicted molar refractivity (Wildman–Crippen MR) is 74.5 cm³/mol. The minimum atomic E-state index is -0.760. The van der Waals surface area contributed by atoms with Gasteiger partial charge < -0.3 is 15.4 Å². The summed E-state index contributed by atoms with van der Waals surface area (Å²) in [6.45, 7) is 2.93. The van der Waals surface area contributed by atoms with Gasteiger partial charge in [0.15, 0.2) is 0 Å². The minimum absolute atomic E-state index is 0.300. The van der Waals surface area contributed by atoms with E-state index in [-0.39, 0.29) is 0 Å². The molecule has 0 aliphatic heterocycles. The molecule has 0 amide bonds. The summed E-state index contributed by atoms with van der Waals surface area (Å²) in [6, 6.07) is 4.10. The normalized spacial score (nSPS) is 14.6. The molecule has 0 spiro atoms. The SMILES string of the molecule is CC(O)(CN)CCCn1ccnc1-c1cccs1. The molecule has 98 valence electrons. The number of aliphatic hydroxyl groups is 1. The molecule has 0 radical (unpaired) electrons. The van der Waals surface area contributed by atoms with Crippen LogP contribution in [0, 0.1) is 0 Å². The smallest absolute Gasteiger partial charge is 0.149 e. The summed E-state index contributed by atoms with van der Waals surface area (Å²) in [5.41, 5.74) is 4.75. The van der Waals surface area contributed by atoms with Crippen molar-refractivity contribution < 1.29 is 5.11 Å². The second-order valence-electron chi connectivity index (χ2n) is 4.73. The van der Waals surface area contributed by atoms with Crippen molar-refractivity contribution >= 4 is 11.3 Å². The van der Waals surface area contributed by atoms with Crippen LogP contribution in [-0.2, 0) is 6.54 Å². The van der Waals surface area contributed by atoms with Gasteiger partial charge in [0.05, 0.1) is 10.5 Å². The van der Waals surface area contributed by atoms with Crippen LogP contribution in [0.15, 0.2) is 29.9 Å². The van der Waals surface area contributed by atoms with E-state index in [4.69, 9.17) is 5.73 Å². The van der Waals surface area contributed by atoms with Gasteiger partial charge in [-0.2, -0.15) is 0 Å². The van der Waals surface area contributed by atoms with Crippen molar-refractivity contribution in [1.82, 2.24) is 9.55 Å². The lowest BCUT2D eigenvalue weighted by Crippen LogP contribution is -2.34. The van der Waals surface area contributed by atoms with Crippen LogP contribution in [0.3, 0.4) is 0 Å². The number of thiophene rings is 1. The van der Waals surface area contributed by atoms with Gasteiger partial charge in [-0.05, 0) is 31.2 Å². The first kappa shape index (κ1) is 13.3. The van der Waals surface area contributed by atoms with Crippen LogP contribution >= 0.6 is 11.3 Å². The summed E-state index contributed by atoms with van der Waals surface area (Å²) < 4.78 is 2.12. The van der Waals surface area contributed by atoms with E-state index in [1.165, 1.54) is 4.88 Å². The fourth-order valence-corrected chi connectivity index (χ4v) is 2.59. The van der Waals surface area contributed by atoms with Crippen molar-refractivity contribution in [3.63, 3.8) is 0 Å². The Morgan fingerprint density at radius 3 is 3.06 bits per heavy atom. The molecule has 0 aliphatic rings. The number of nitrogens with two attached hydrogens (primary N) is 1. The Morgan fingerprint density at radius 1 is 1.56 bits per heavy atom. The molecule has 0 aromatic carbocycles. The number of aromatic nitrogens is 2. The highest BCUT2D eigenvalue weighted by atomic mass is 32.1. The molecule has 0 saturated heterocycles. The van der Waals surface area contributed by atoms with Crippen LogP contribution < -0.4 is 5.73 Å². The molecule has 4 nitrogen and oxygen atoms in total. The highest BCUT2D eigenvalue weighted by molar-refractivity contribution is 7.13. The zero-order valence-corrected chi connectivity index (χ0v) is 11.4. The summed E-state index contributed by atoms with van der Waals surface area (Å²) in [5.74, 6) is 0.998. The van der Waals surface area contributed by atoms with Crippen LogP contribution in [0.2, 0.25) is 0 Å². The number of rotatable bonds is 6. The minimum Gasteiger partial charge on any atom is -0.389 e. The first-order valence-electron chi connectivity index (χ1n) is 6.10. The van der Waals surface area contributed by atoms with Crippen molar-refractivity contribution in [1.29, 1.82) is 0 Å².